The van der Waals surface area contributed by atoms with E-state index in [1.165, 1.54) is 0 Å². The van der Waals surface area contributed by atoms with Gasteiger partial charge in [-0.2, -0.15) is 0 Å². The molecule has 5 amide bonds. The molecule has 7 aliphatic heterocycles. The van der Waals surface area contributed by atoms with Crippen LogP contribution in [0.4, 0.5) is 0 Å². The van der Waals surface area contributed by atoms with Crippen LogP contribution < -0.4 is 5.32 Å². The lowest BCUT2D eigenvalue weighted by atomic mass is 9.54. The molecular weight excluding hydrogens is 1830 g/mol. The SMILES string of the molecule is CC(C)(C)[Si](C)(C)OCCBr.C[C@H]1[C@@H]2CCN(CCO[Si](C)(C)C(C)(C)C)C(=O)[C@@]2(c2ccccc2)CCC12OCCO2.C[C@H]1[C@@H]2CCNC(=O)[C@@]2(c2ccccc2)CCC12OCCO2.[C-]#[N+]C1=C[C@@]2(c3ccccc3)C(=O)N(CCO)CC[C@@H]2[C@@H](C)C1=O.[C-]#[N+]C1=C[C@]2(c3ccccc3)C(=O)N(CCO)CC[C@H]2[C@H](C)C1=O.[C-]#[N+]C1C[C@]2(c3ccccc3)C(=O)N(CCO)CC[C@H]2[C@H](C)C1=O. The number of rotatable bonds is 18. The Morgan fingerprint density at radius 1 is 0.431 bits per heavy atom. The molecule has 5 aromatic carbocycles. The standard InChI is InChI=1S/C26H41NO4Si.C19H22N2O3.2C19H20N2O3.C18H23NO3.C8H19BrOSi/c1-20-22-12-15-27(16-17-31-32(5,6)24(2,3)4)23(28)25(22,21-10-8-7-9-11-21)13-14-26(20)29-18-19-30-26;3*1-13-15-8-9-21(10-11-22)18(24)19(15,12-16(20-2)17(13)23)14-6-4-3-5-7-14;1-13-15-7-10-19-16(20)17(15,14-5-3-2-4-6-14)8-9-18(13)21-11-12-22-18;1-8(2,3)11(4,5)10-7-6-9/h7-11,20,22H,12-19H2,1-6H3;3-7,13,15-16,22H,8-12H2,1H3;2*3-7,12-13,15,22H,8-11H2,1H3;2-6,13,15H,7-12H2,1H3,(H,19,20);6-7H2,1-5H3/t20-,22-,25+;13-,15-,16?,19+;2*13-,15-,19+;13-,15-,17+;/m00100./s1. The fourth-order valence-corrected chi connectivity index (χ4v) is 26.6. The molecule has 17 rings (SSSR count). The van der Waals surface area contributed by atoms with Crippen molar-refractivity contribution in [1.82, 2.24) is 24.9 Å². The van der Waals surface area contributed by atoms with Crippen LogP contribution in [0.1, 0.15) is 168 Å². The van der Waals surface area contributed by atoms with Gasteiger partial charge >= 0.3 is 0 Å². The van der Waals surface area contributed by atoms with Crippen LogP contribution in [-0.2, 0) is 93.2 Å². The molecule has 25 nitrogen and oxygen atoms in total. The van der Waals surface area contributed by atoms with E-state index >= 15 is 0 Å². The highest BCUT2D eigenvalue weighted by Gasteiger charge is 2.66. The minimum atomic E-state index is -1.83. The predicted molar refractivity (Wildman–Crippen MR) is 535 cm³/mol. The van der Waals surface area contributed by atoms with Gasteiger partial charge in [-0.3, -0.25) is 28.8 Å². The quantitative estimate of drug-likeness (QED) is 0.0360. The molecule has 1 unspecified atom stereocenters. The summed E-state index contributed by atoms with van der Waals surface area (Å²) in [6.07, 6.45) is 10.5. The van der Waals surface area contributed by atoms with Crippen LogP contribution in [0, 0.1) is 78.9 Å². The molecule has 7 saturated heterocycles. The highest BCUT2D eigenvalue weighted by Crippen LogP contribution is 2.60. The Balaban J connectivity index is 0.000000150. The topological polar surface area (TPSA) is 291 Å². The first-order valence-electron chi connectivity index (χ1n) is 49.4. The van der Waals surface area contributed by atoms with Gasteiger partial charge in [-0.05, 0) is 139 Å². The number of β-amino-alcohol motifs (C(OH)–C–C–N with tert-alkyl or cyclic N) is 3. The number of likely N-dealkylation sites (tertiary alicyclic amines) is 4. The molecule has 5 aromatic rings. The maximum atomic E-state index is 14.2. The van der Waals surface area contributed by atoms with Gasteiger partial charge in [0.1, 0.15) is 0 Å². The molecule has 0 radical (unpaired) electrons. The smallest absolute Gasteiger partial charge is 0.282 e. The number of alkyl halides is 1. The first-order valence-corrected chi connectivity index (χ1v) is 56.3. The summed E-state index contributed by atoms with van der Waals surface area (Å²) < 4.78 is 36.6. The van der Waals surface area contributed by atoms with Gasteiger partial charge in [0, 0.05) is 120 Å². The molecule has 28 heteroatoms. The normalized spacial score (nSPS) is 30.4. The van der Waals surface area contributed by atoms with Gasteiger partial charge in [-0.25, -0.2) is 16.3 Å². The predicted octanol–water partition coefficient (Wildman–Crippen LogP) is 15.8. The zero-order valence-electron chi connectivity index (χ0n) is 83.0. The van der Waals surface area contributed by atoms with Gasteiger partial charge in [0.05, 0.1) is 93.1 Å². The summed E-state index contributed by atoms with van der Waals surface area (Å²) in [5, 5.41) is 32.4. The maximum Gasteiger partial charge on any atom is 0.282 e. The second-order valence-electron chi connectivity index (χ2n) is 42.2. The molecule has 738 valence electrons. The first kappa shape index (κ1) is 107. The van der Waals surface area contributed by atoms with Crippen LogP contribution in [0.5, 0.6) is 0 Å². The van der Waals surface area contributed by atoms with Crippen molar-refractivity contribution in [3.8, 4) is 0 Å². The number of ether oxygens (including phenoxy) is 4. The van der Waals surface area contributed by atoms with Gasteiger partial charge in [-0.15, -0.1) is 0 Å². The molecular formula is C109H145BrN8O17Si2. The minimum Gasteiger partial charge on any atom is -0.416 e. The van der Waals surface area contributed by atoms with Crippen molar-refractivity contribution >= 4 is 79.5 Å². The van der Waals surface area contributed by atoms with Crippen molar-refractivity contribution < 1.29 is 81.5 Å². The Morgan fingerprint density at radius 2 is 0.766 bits per heavy atom. The summed E-state index contributed by atoms with van der Waals surface area (Å²) in [4.78, 5) is 122. The Bertz CT molecular complexity index is 5130. The minimum absolute atomic E-state index is 0.0371. The van der Waals surface area contributed by atoms with Crippen LogP contribution in [0.2, 0.25) is 36.3 Å². The number of ketones is 3. The van der Waals surface area contributed by atoms with Crippen molar-refractivity contribution in [1.29, 1.82) is 0 Å². The molecule has 12 aliphatic rings. The molecule has 4 N–H and O–H groups in total. The van der Waals surface area contributed by atoms with E-state index in [1.807, 2.05) is 136 Å². The summed E-state index contributed by atoms with van der Waals surface area (Å²) in [6.45, 7) is 63.1. The molecule has 0 bridgehead atoms. The number of Topliss-reactive ketones (excluding diaryl/α,β-unsaturated/α-hetero) is 3. The monoisotopic (exact) mass is 1970 g/mol. The van der Waals surface area contributed by atoms with E-state index in [1.54, 1.807) is 26.9 Å². The molecule has 7 heterocycles. The number of fused-ring (bicyclic) bond motifs is 5. The fourth-order valence-electron chi connectivity index (χ4n) is 24.1. The van der Waals surface area contributed by atoms with Gasteiger partial charge in [0.15, 0.2) is 39.8 Å². The second kappa shape index (κ2) is 44.4. The Hall–Kier alpha value is -9.04. The average molecular weight is 1980 g/mol. The van der Waals surface area contributed by atoms with Crippen LogP contribution in [0.25, 0.3) is 14.5 Å². The number of amides is 5. The van der Waals surface area contributed by atoms with Crippen LogP contribution >= 0.6 is 15.9 Å². The third-order valence-electron chi connectivity index (χ3n) is 33.6. The highest BCUT2D eigenvalue weighted by atomic mass is 79.9. The fraction of sp³-hybridized carbons (Fsp3) is 0.587. The van der Waals surface area contributed by atoms with Crippen molar-refractivity contribution in [3.63, 3.8) is 0 Å². The van der Waals surface area contributed by atoms with E-state index in [-0.39, 0.29) is 162 Å². The summed E-state index contributed by atoms with van der Waals surface area (Å²) in [5.74, 6) is -1.86. The number of nitrogens with one attached hydrogen (secondary N) is 1. The van der Waals surface area contributed by atoms with Crippen molar-refractivity contribution in [2.45, 2.75) is 221 Å². The van der Waals surface area contributed by atoms with Gasteiger partial charge < -0.3 is 82.5 Å². The number of benzene rings is 5. The van der Waals surface area contributed by atoms with Crippen LogP contribution in [0.3, 0.4) is 0 Å². The molecule has 137 heavy (non-hydrogen) atoms. The summed E-state index contributed by atoms with van der Waals surface area (Å²) in [6, 6.07) is 48.2. The Kier molecular flexibility index (Phi) is 34.6. The van der Waals surface area contributed by atoms with E-state index in [0.717, 1.165) is 97.8 Å². The van der Waals surface area contributed by atoms with Crippen molar-refractivity contribution in [3.05, 3.63) is 237 Å². The lowest BCUT2D eigenvalue weighted by Gasteiger charge is -2.56. The summed E-state index contributed by atoms with van der Waals surface area (Å²) in [5.41, 5.74) is 1.10. The van der Waals surface area contributed by atoms with Gasteiger partial charge in [0.25, 0.3) is 6.04 Å². The zero-order valence-corrected chi connectivity index (χ0v) is 86.6. The highest BCUT2D eigenvalue weighted by molar-refractivity contribution is 9.09. The average Bonchev–Trinajstić information content (AvgIpc) is 1.72. The number of aliphatic hydroxyl groups excluding tert-OH is 3. The van der Waals surface area contributed by atoms with Crippen LogP contribution in [-0.4, -0.2) is 240 Å². The Labute approximate surface area is 822 Å². The maximum absolute atomic E-state index is 14.2. The first-order chi connectivity index (χ1) is 65.2. The van der Waals surface area contributed by atoms with Crippen molar-refractivity contribution in [2.24, 2.45) is 59.2 Å². The van der Waals surface area contributed by atoms with E-state index in [9.17, 15) is 53.7 Å². The number of carbonyl (C=O) groups is 8. The zero-order chi connectivity index (χ0) is 99.5. The molecule has 5 aliphatic carbocycles. The third kappa shape index (κ3) is 20.5. The van der Waals surface area contributed by atoms with E-state index in [4.69, 9.17) is 47.5 Å². The molecule has 3 saturated carbocycles. The lowest BCUT2D eigenvalue weighted by Crippen LogP contribution is -2.64. The molecule has 0 aromatic heterocycles. The Morgan fingerprint density at radius 3 is 1.15 bits per heavy atom. The number of aliphatic hydroxyl groups is 3. The number of nitrogens with zero attached hydrogens (tertiary/aromatic N) is 7. The van der Waals surface area contributed by atoms with E-state index in [0.29, 0.717) is 83.6 Å². The number of halogens is 1. The molecule has 10 fully saturated rings. The second-order valence-corrected chi connectivity index (χ2v) is 52.6. The molecule has 16 atom stereocenters. The van der Waals surface area contributed by atoms with E-state index < -0.39 is 61.3 Å². The number of hydrogen-bond acceptors (Lipinski definition) is 17. The lowest BCUT2D eigenvalue weighted by molar-refractivity contribution is -0.238. The number of piperidine rings is 5. The van der Waals surface area contributed by atoms with Gasteiger partial charge in [-0.1, -0.05) is 256 Å². The molecule has 2 spiro atoms. The van der Waals surface area contributed by atoms with E-state index in [2.05, 4.69) is 159 Å². The summed E-state index contributed by atoms with van der Waals surface area (Å²) in [7, 11) is -3.29. The van der Waals surface area contributed by atoms with Crippen molar-refractivity contribution in [2.75, 3.05) is 124 Å². The number of carbonyl (C=O) groups excluding carboxylic acids is 8. The largest absolute Gasteiger partial charge is 0.416 e. The third-order valence-corrected chi connectivity index (χ3v) is 43.0. The summed E-state index contributed by atoms with van der Waals surface area (Å²) >= 11 is 3.37. The van der Waals surface area contributed by atoms with Crippen LogP contribution in [0.15, 0.2) is 175 Å². The number of allylic oxidation sites excluding steroid dienone is 2. The number of hydrogen-bond donors (Lipinski definition) is 4. The van der Waals surface area contributed by atoms with Gasteiger partial charge in [0.2, 0.25) is 46.7 Å².